The normalized spacial score (nSPS) is 11.6. The van der Waals surface area contributed by atoms with Crippen molar-refractivity contribution >= 4 is 11.8 Å². The Balaban J connectivity index is 1.90. The van der Waals surface area contributed by atoms with Crippen molar-refractivity contribution in [2.75, 3.05) is 13.7 Å². The average molecular weight is 333 g/mol. The van der Waals surface area contributed by atoms with Crippen LogP contribution in [0.1, 0.15) is 5.56 Å². The van der Waals surface area contributed by atoms with Gasteiger partial charge in [-0.15, -0.1) is 23.4 Å². The Morgan fingerprint density at radius 2 is 1.95 bits per heavy atom. The first-order chi connectivity index (χ1) is 10.5. The maximum atomic E-state index is 12.1. The summed E-state index contributed by atoms with van der Waals surface area (Å²) >= 11 is 1.45. The van der Waals surface area contributed by atoms with E-state index in [1.54, 1.807) is 25.6 Å². The van der Waals surface area contributed by atoms with Crippen LogP contribution in [0, 0.1) is 0 Å². The fourth-order valence-corrected chi connectivity index (χ4v) is 2.53. The zero-order valence-electron chi connectivity index (χ0n) is 11.7. The number of methoxy groups -OCH3 is 1. The lowest BCUT2D eigenvalue weighted by Gasteiger charge is -2.09. The number of benzene rings is 1. The van der Waals surface area contributed by atoms with Crippen LogP contribution in [0.3, 0.4) is 0 Å². The molecule has 0 atom stereocenters. The van der Waals surface area contributed by atoms with Crippen molar-refractivity contribution in [1.29, 1.82) is 0 Å². The highest BCUT2D eigenvalue weighted by Crippen LogP contribution is 2.25. The minimum absolute atomic E-state index is 0.232. The molecule has 0 saturated carbocycles. The van der Waals surface area contributed by atoms with Crippen molar-refractivity contribution in [3.8, 4) is 5.75 Å². The second kappa shape index (κ2) is 7.50. The monoisotopic (exact) mass is 333 g/mol. The molecule has 0 radical (unpaired) electrons. The van der Waals surface area contributed by atoms with Gasteiger partial charge < -0.3 is 14.0 Å². The molecule has 2 rings (SSSR count). The highest BCUT2D eigenvalue weighted by atomic mass is 32.2. The Kier molecular flexibility index (Phi) is 5.67. The maximum Gasteiger partial charge on any atom is 0.573 e. The third-order valence-electron chi connectivity index (χ3n) is 2.64. The van der Waals surface area contributed by atoms with Crippen molar-refractivity contribution in [2.24, 2.45) is 0 Å². The third-order valence-corrected chi connectivity index (χ3v) is 3.69. The van der Waals surface area contributed by atoms with Crippen LogP contribution in [0.15, 0.2) is 35.7 Å². The topological polar surface area (TPSA) is 49.2 Å². The quantitative estimate of drug-likeness (QED) is 0.729. The zero-order valence-corrected chi connectivity index (χ0v) is 12.5. The van der Waals surface area contributed by atoms with Crippen LogP contribution < -0.4 is 4.74 Å². The van der Waals surface area contributed by atoms with E-state index in [0.29, 0.717) is 18.9 Å². The van der Waals surface area contributed by atoms with Gasteiger partial charge in [-0.05, 0) is 17.7 Å². The molecular formula is C13H14F3N3O2S. The molecule has 1 aromatic heterocycles. The average Bonchev–Trinajstić information content (AvgIpc) is 2.90. The summed E-state index contributed by atoms with van der Waals surface area (Å²) in [5, 5.41) is 8.56. The molecule has 0 aliphatic carbocycles. The Hall–Kier alpha value is -1.74. The van der Waals surface area contributed by atoms with Gasteiger partial charge in [0.05, 0.1) is 6.61 Å². The molecular weight excluding hydrogens is 319 g/mol. The molecule has 0 spiro atoms. The van der Waals surface area contributed by atoms with Crippen LogP contribution in [-0.2, 0) is 17.0 Å². The van der Waals surface area contributed by atoms with Crippen molar-refractivity contribution in [3.05, 3.63) is 36.2 Å². The molecule has 0 bridgehead atoms. The Bertz CT molecular complexity index is 587. The highest BCUT2D eigenvalue weighted by molar-refractivity contribution is 7.98. The van der Waals surface area contributed by atoms with Gasteiger partial charge in [0, 0.05) is 19.4 Å². The van der Waals surface area contributed by atoms with Crippen molar-refractivity contribution in [1.82, 2.24) is 14.8 Å². The molecule has 9 heteroatoms. The first-order valence-electron chi connectivity index (χ1n) is 6.32. The number of alkyl halides is 3. The maximum absolute atomic E-state index is 12.1. The number of ether oxygens (including phenoxy) is 2. The number of aromatic nitrogens is 3. The lowest BCUT2D eigenvalue weighted by atomic mass is 10.2. The summed E-state index contributed by atoms with van der Waals surface area (Å²) < 4.78 is 46.9. The van der Waals surface area contributed by atoms with Gasteiger partial charge in [0.2, 0.25) is 0 Å². The number of hydrogen-bond donors (Lipinski definition) is 0. The molecule has 0 unspecified atom stereocenters. The fourth-order valence-electron chi connectivity index (χ4n) is 1.63. The third kappa shape index (κ3) is 5.23. The predicted octanol–water partition coefficient (Wildman–Crippen LogP) is 3.12. The van der Waals surface area contributed by atoms with Crippen molar-refractivity contribution in [3.63, 3.8) is 0 Å². The van der Waals surface area contributed by atoms with Crippen LogP contribution in [0.4, 0.5) is 13.2 Å². The van der Waals surface area contributed by atoms with Gasteiger partial charge in [-0.2, -0.15) is 0 Å². The van der Waals surface area contributed by atoms with Gasteiger partial charge in [-0.25, -0.2) is 0 Å². The molecule has 1 aromatic carbocycles. The van der Waals surface area contributed by atoms with E-state index in [1.165, 1.54) is 23.9 Å². The number of rotatable bonds is 7. The molecule has 5 nitrogen and oxygen atoms in total. The zero-order chi connectivity index (χ0) is 16.0. The van der Waals surface area contributed by atoms with E-state index >= 15 is 0 Å². The summed E-state index contributed by atoms with van der Waals surface area (Å²) in [6.45, 7) is 1.19. The molecule has 0 amide bonds. The summed E-state index contributed by atoms with van der Waals surface area (Å²) in [5.74, 6) is 0.335. The molecule has 22 heavy (non-hydrogen) atoms. The first-order valence-corrected chi connectivity index (χ1v) is 7.31. The van der Waals surface area contributed by atoms with Gasteiger partial charge in [-0.3, -0.25) is 0 Å². The van der Waals surface area contributed by atoms with E-state index in [0.717, 1.165) is 10.7 Å². The van der Waals surface area contributed by atoms with Gasteiger partial charge >= 0.3 is 6.36 Å². The van der Waals surface area contributed by atoms with Gasteiger partial charge in [0.15, 0.2) is 5.16 Å². The summed E-state index contributed by atoms with van der Waals surface area (Å²) in [6.07, 6.45) is -3.06. The van der Waals surface area contributed by atoms with E-state index < -0.39 is 6.36 Å². The van der Waals surface area contributed by atoms with Crippen molar-refractivity contribution < 1.29 is 22.6 Å². The van der Waals surface area contributed by atoms with E-state index in [4.69, 9.17) is 4.74 Å². The summed E-state index contributed by atoms with van der Waals surface area (Å²) in [7, 11) is 1.61. The molecule has 0 aliphatic heterocycles. The van der Waals surface area contributed by atoms with E-state index in [-0.39, 0.29) is 5.75 Å². The van der Waals surface area contributed by atoms with Gasteiger partial charge in [-0.1, -0.05) is 23.9 Å². The molecule has 0 fully saturated rings. The molecule has 2 aromatic rings. The Morgan fingerprint density at radius 1 is 1.23 bits per heavy atom. The number of halogens is 3. The van der Waals surface area contributed by atoms with Crippen LogP contribution in [0.2, 0.25) is 0 Å². The second-order valence-corrected chi connectivity index (χ2v) is 5.22. The SMILES string of the molecule is COCCn1cnnc1SCc1ccc(OC(F)(F)F)cc1. The first kappa shape index (κ1) is 16.6. The van der Waals surface area contributed by atoms with E-state index in [9.17, 15) is 13.2 Å². The summed E-state index contributed by atoms with van der Waals surface area (Å²) in [4.78, 5) is 0. The van der Waals surface area contributed by atoms with Gasteiger partial charge in [0.25, 0.3) is 0 Å². The van der Waals surface area contributed by atoms with Crippen LogP contribution in [-0.4, -0.2) is 34.8 Å². The molecule has 0 saturated heterocycles. The number of thioether (sulfide) groups is 1. The second-order valence-electron chi connectivity index (χ2n) is 4.28. The molecule has 0 N–H and O–H groups in total. The van der Waals surface area contributed by atoms with Crippen molar-refractivity contribution in [2.45, 2.75) is 23.8 Å². The Labute approximate surface area is 129 Å². The molecule has 120 valence electrons. The minimum atomic E-state index is -4.67. The highest BCUT2D eigenvalue weighted by Gasteiger charge is 2.30. The van der Waals surface area contributed by atoms with Crippen LogP contribution >= 0.6 is 11.8 Å². The fraction of sp³-hybridized carbons (Fsp3) is 0.385. The number of nitrogens with zero attached hydrogens (tertiary/aromatic N) is 3. The van der Waals surface area contributed by atoms with E-state index in [1.807, 2.05) is 4.57 Å². The minimum Gasteiger partial charge on any atom is -0.406 e. The molecule has 1 heterocycles. The number of hydrogen-bond acceptors (Lipinski definition) is 5. The Morgan fingerprint density at radius 3 is 2.59 bits per heavy atom. The summed E-state index contributed by atoms with van der Waals surface area (Å²) in [5.41, 5.74) is 0.862. The lowest BCUT2D eigenvalue weighted by Crippen LogP contribution is -2.16. The van der Waals surface area contributed by atoms with Crippen LogP contribution in [0.25, 0.3) is 0 Å². The largest absolute Gasteiger partial charge is 0.573 e. The van der Waals surface area contributed by atoms with Gasteiger partial charge in [0.1, 0.15) is 12.1 Å². The smallest absolute Gasteiger partial charge is 0.406 e. The predicted molar refractivity (Wildman–Crippen MR) is 74.6 cm³/mol. The standard InChI is InChI=1S/C13H14F3N3O2S/c1-20-7-6-19-9-17-18-12(19)22-8-10-2-4-11(5-3-10)21-13(14,15)16/h2-5,9H,6-8H2,1H3. The summed E-state index contributed by atoms with van der Waals surface area (Å²) in [6, 6.07) is 5.76. The molecule has 0 aliphatic rings. The van der Waals surface area contributed by atoms with Crippen LogP contribution in [0.5, 0.6) is 5.75 Å². The lowest BCUT2D eigenvalue weighted by molar-refractivity contribution is -0.274. The van der Waals surface area contributed by atoms with E-state index in [2.05, 4.69) is 14.9 Å².